The average Bonchev–Trinajstić information content (AvgIpc) is 2.05. The molecule has 4 nitrogen and oxygen atoms in total. The molecule has 1 aromatic rings. The average molecular weight is 153 g/mol. The Labute approximate surface area is 63.8 Å². The third-order valence-corrected chi connectivity index (χ3v) is 1.41. The highest BCUT2D eigenvalue weighted by Crippen LogP contribution is 2.11. The maximum absolute atomic E-state index is 10.3. The van der Waals surface area contributed by atoms with Gasteiger partial charge in [-0.25, -0.2) is 0 Å². The van der Waals surface area contributed by atoms with Crippen molar-refractivity contribution < 1.29 is 10.7 Å². The van der Waals surface area contributed by atoms with Crippen LogP contribution in [0.4, 0.5) is 5.69 Å². The van der Waals surface area contributed by atoms with E-state index in [4.69, 9.17) is 0 Å². The maximum Gasteiger partial charge on any atom is 0.269 e. The van der Waals surface area contributed by atoms with E-state index in [-0.39, 0.29) is 5.69 Å². The lowest BCUT2D eigenvalue weighted by Gasteiger charge is -1.92. The SMILES string of the molecule is [NH3+]Cc1cccc([N+](=O)[O-])c1. The van der Waals surface area contributed by atoms with Crippen molar-refractivity contribution in [2.75, 3.05) is 0 Å². The van der Waals surface area contributed by atoms with Gasteiger partial charge in [0.2, 0.25) is 0 Å². The van der Waals surface area contributed by atoms with Crippen LogP contribution >= 0.6 is 0 Å². The molecule has 0 radical (unpaired) electrons. The standard InChI is InChI=1S/C7H8N2O2/c8-5-6-2-1-3-7(4-6)9(10)11/h1-4H,5,8H2/p+1. The number of hydrogen-bond acceptors (Lipinski definition) is 2. The molecule has 11 heavy (non-hydrogen) atoms. The summed E-state index contributed by atoms with van der Waals surface area (Å²) in [6.45, 7) is 0.585. The van der Waals surface area contributed by atoms with Gasteiger partial charge in [0.1, 0.15) is 0 Å². The van der Waals surface area contributed by atoms with Gasteiger partial charge in [0, 0.05) is 17.7 Å². The molecule has 0 amide bonds. The van der Waals surface area contributed by atoms with Gasteiger partial charge in [-0.2, -0.15) is 0 Å². The van der Waals surface area contributed by atoms with Crippen LogP contribution in [0, 0.1) is 10.1 Å². The summed E-state index contributed by atoms with van der Waals surface area (Å²) < 4.78 is 0. The molecule has 1 rings (SSSR count). The van der Waals surface area contributed by atoms with Crippen molar-refractivity contribution in [3.05, 3.63) is 39.9 Å². The zero-order valence-corrected chi connectivity index (χ0v) is 5.99. The molecule has 0 atom stereocenters. The highest BCUT2D eigenvalue weighted by molar-refractivity contribution is 5.33. The Balaban J connectivity index is 3.01. The predicted molar refractivity (Wildman–Crippen MR) is 39.7 cm³/mol. The van der Waals surface area contributed by atoms with Crippen molar-refractivity contribution in [2.24, 2.45) is 0 Å². The Bertz CT molecular complexity index is 273. The Morgan fingerprint density at radius 1 is 1.55 bits per heavy atom. The zero-order valence-electron chi connectivity index (χ0n) is 5.99. The van der Waals surface area contributed by atoms with Gasteiger partial charge in [-0.3, -0.25) is 10.1 Å². The molecule has 0 saturated carbocycles. The van der Waals surface area contributed by atoms with Crippen molar-refractivity contribution in [2.45, 2.75) is 6.54 Å². The number of nitrogens with zero attached hydrogens (tertiary/aromatic N) is 1. The molecule has 0 unspecified atom stereocenters. The summed E-state index contributed by atoms with van der Waals surface area (Å²) in [6.07, 6.45) is 0. The molecule has 1 aromatic carbocycles. The number of rotatable bonds is 2. The molecule has 0 heterocycles. The molecule has 3 N–H and O–H groups in total. The van der Waals surface area contributed by atoms with Crippen LogP contribution in [0.15, 0.2) is 24.3 Å². The van der Waals surface area contributed by atoms with E-state index in [1.807, 2.05) is 6.07 Å². The minimum absolute atomic E-state index is 0.131. The fourth-order valence-electron chi connectivity index (χ4n) is 0.826. The van der Waals surface area contributed by atoms with E-state index < -0.39 is 4.92 Å². The molecular weight excluding hydrogens is 144 g/mol. The van der Waals surface area contributed by atoms with Crippen LogP contribution in [0.1, 0.15) is 5.56 Å². The van der Waals surface area contributed by atoms with E-state index in [1.165, 1.54) is 12.1 Å². The molecule has 0 fully saturated rings. The van der Waals surface area contributed by atoms with E-state index in [0.717, 1.165) is 5.56 Å². The van der Waals surface area contributed by atoms with E-state index in [1.54, 1.807) is 6.07 Å². The van der Waals surface area contributed by atoms with E-state index in [2.05, 4.69) is 5.73 Å². The summed E-state index contributed by atoms with van der Waals surface area (Å²) in [5.74, 6) is 0. The number of nitro benzene ring substituents is 1. The number of nitro groups is 1. The normalized spacial score (nSPS) is 9.55. The molecule has 0 bridgehead atoms. The van der Waals surface area contributed by atoms with E-state index in [9.17, 15) is 10.1 Å². The summed E-state index contributed by atoms with van der Waals surface area (Å²) in [5, 5.41) is 10.3. The Morgan fingerprint density at radius 2 is 2.27 bits per heavy atom. The molecule has 0 saturated heterocycles. The smallest absolute Gasteiger partial charge is 0.269 e. The Morgan fingerprint density at radius 3 is 2.82 bits per heavy atom. The number of benzene rings is 1. The molecule has 0 spiro atoms. The molecule has 0 aliphatic rings. The third-order valence-electron chi connectivity index (χ3n) is 1.41. The lowest BCUT2D eigenvalue weighted by molar-refractivity contribution is -0.390. The fraction of sp³-hybridized carbons (Fsp3) is 0.143. The molecule has 4 heteroatoms. The highest BCUT2D eigenvalue weighted by atomic mass is 16.6. The van der Waals surface area contributed by atoms with Crippen LogP contribution < -0.4 is 5.73 Å². The fourth-order valence-corrected chi connectivity index (χ4v) is 0.826. The van der Waals surface area contributed by atoms with E-state index >= 15 is 0 Å². The summed E-state index contributed by atoms with van der Waals surface area (Å²) >= 11 is 0. The molecule has 0 aromatic heterocycles. The quantitative estimate of drug-likeness (QED) is 0.491. The minimum atomic E-state index is -0.404. The largest absolute Gasteiger partial charge is 0.354 e. The van der Waals surface area contributed by atoms with Gasteiger partial charge in [0.15, 0.2) is 0 Å². The minimum Gasteiger partial charge on any atom is -0.354 e. The van der Waals surface area contributed by atoms with Gasteiger partial charge in [0.25, 0.3) is 5.69 Å². The maximum atomic E-state index is 10.3. The van der Waals surface area contributed by atoms with Crippen molar-refractivity contribution in [3.8, 4) is 0 Å². The van der Waals surface area contributed by atoms with Gasteiger partial charge in [-0.05, 0) is 0 Å². The van der Waals surface area contributed by atoms with Gasteiger partial charge < -0.3 is 5.73 Å². The van der Waals surface area contributed by atoms with E-state index in [0.29, 0.717) is 6.54 Å². The van der Waals surface area contributed by atoms with Gasteiger partial charge >= 0.3 is 0 Å². The lowest BCUT2D eigenvalue weighted by atomic mass is 10.2. The first-order valence-corrected chi connectivity index (χ1v) is 3.26. The second-order valence-corrected chi connectivity index (χ2v) is 2.18. The van der Waals surface area contributed by atoms with Gasteiger partial charge in [0.05, 0.1) is 11.5 Å². The highest BCUT2D eigenvalue weighted by Gasteiger charge is 2.04. The van der Waals surface area contributed by atoms with Gasteiger partial charge in [-0.1, -0.05) is 12.1 Å². The summed E-state index contributed by atoms with van der Waals surface area (Å²) in [6, 6.07) is 6.49. The molecule has 0 aliphatic carbocycles. The van der Waals surface area contributed by atoms with Crippen LogP contribution in [0.2, 0.25) is 0 Å². The van der Waals surface area contributed by atoms with Crippen LogP contribution in [-0.4, -0.2) is 4.92 Å². The van der Waals surface area contributed by atoms with Crippen LogP contribution in [-0.2, 0) is 6.54 Å². The summed E-state index contributed by atoms with van der Waals surface area (Å²) in [7, 11) is 0. The van der Waals surface area contributed by atoms with Crippen LogP contribution in [0.25, 0.3) is 0 Å². The Hall–Kier alpha value is -1.42. The molecular formula is C7H9N2O2+. The second kappa shape index (κ2) is 3.12. The lowest BCUT2D eigenvalue weighted by Crippen LogP contribution is -2.47. The Kier molecular flexibility index (Phi) is 2.18. The predicted octanol–water partition coefficient (Wildman–Crippen LogP) is 0.337. The number of non-ortho nitro benzene ring substituents is 1. The van der Waals surface area contributed by atoms with Gasteiger partial charge in [-0.15, -0.1) is 0 Å². The number of hydrogen-bond donors (Lipinski definition) is 1. The van der Waals surface area contributed by atoms with Crippen LogP contribution in [0.3, 0.4) is 0 Å². The molecule has 0 aliphatic heterocycles. The van der Waals surface area contributed by atoms with Crippen molar-refractivity contribution in [3.63, 3.8) is 0 Å². The topological polar surface area (TPSA) is 70.8 Å². The second-order valence-electron chi connectivity index (χ2n) is 2.18. The van der Waals surface area contributed by atoms with Crippen molar-refractivity contribution >= 4 is 5.69 Å². The van der Waals surface area contributed by atoms with Crippen molar-refractivity contribution in [1.82, 2.24) is 0 Å². The first kappa shape index (κ1) is 7.68. The first-order chi connectivity index (χ1) is 5.24. The monoisotopic (exact) mass is 153 g/mol. The zero-order chi connectivity index (χ0) is 8.27. The summed E-state index contributed by atoms with van der Waals surface area (Å²) in [4.78, 5) is 9.85. The number of quaternary nitrogens is 1. The first-order valence-electron chi connectivity index (χ1n) is 3.26. The molecule has 58 valence electrons. The third kappa shape index (κ3) is 1.75. The van der Waals surface area contributed by atoms with Crippen molar-refractivity contribution in [1.29, 1.82) is 0 Å². The summed E-state index contributed by atoms with van der Waals surface area (Å²) in [5.41, 5.74) is 4.65. The van der Waals surface area contributed by atoms with Crippen LogP contribution in [0.5, 0.6) is 0 Å².